The van der Waals surface area contributed by atoms with Crippen LogP contribution in [-0.2, 0) is 12.8 Å². The summed E-state index contributed by atoms with van der Waals surface area (Å²) in [4.78, 5) is 6.33. The van der Waals surface area contributed by atoms with E-state index in [2.05, 4.69) is 10.3 Å². The Morgan fingerprint density at radius 2 is 2.15 bits per heavy atom. The van der Waals surface area contributed by atoms with Gasteiger partial charge in [0.25, 0.3) is 0 Å². The van der Waals surface area contributed by atoms with Gasteiger partial charge in [0.1, 0.15) is 4.99 Å². The second-order valence-electron chi connectivity index (χ2n) is 4.75. The lowest BCUT2D eigenvalue weighted by molar-refractivity contribution is 0.683. The molecule has 0 atom stereocenters. The van der Waals surface area contributed by atoms with Crippen LogP contribution in [0.15, 0.2) is 18.2 Å². The van der Waals surface area contributed by atoms with Gasteiger partial charge in [-0.1, -0.05) is 29.9 Å². The summed E-state index contributed by atoms with van der Waals surface area (Å²) in [5.74, 6) is 0. The van der Waals surface area contributed by atoms with Gasteiger partial charge in [-0.3, -0.25) is 0 Å². The quantitative estimate of drug-likeness (QED) is 0.837. The normalized spacial score (nSPS) is 13.8. The Bertz CT molecular complexity index is 643. The number of thiazole rings is 1. The third kappa shape index (κ3) is 2.66. The van der Waals surface area contributed by atoms with Crippen molar-refractivity contribution in [2.45, 2.75) is 25.7 Å². The first-order chi connectivity index (χ1) is 9.65. The summed E-state index contributed by atoms with van der Waals surface area (Å²) in [6, 6.07) is 5.58. The van der Waals surface area contributed by atoms with Crippen LogP contribution in [0.3, 0.4) is 0 Å². The maximum atomic E-state index is 6.17. The summed E-state index contributed by atoms with van der Waals surface area (Å²) in [6.07, 6.45) is 4.69. The Kier molecular flexibility index (Phi) is 3.92. The molecule has 1 heterocycles. The molecule has 0 unspecified atom stereocenters. The lowest BCUT2D eigenvalue weighted by Crippen LogP contribution is -2.12. The molecule has 1 aliphatic rings. The Morgan fingerprint density at radius 1 is 1.35 bits per heavy atom. The Hall–Kier alpha value is -1.17. The van der Waals surface area contributed by atoms with E-state index < -0.39 is 0 Å². The van der Waals surface area contributed by atoms with Crippen molar-refractivity contribution < 1.29 is 0 Å². The van der Waals surface area contributed by atoms with Gasteiger partial charge in [-0.25, -0.2) is 4.98 Å². The number of hydrogen-bond donors (Lipinski definition) is 2. The summed E-state index contributed by atoms with van der Waals surface area (Å²) in [6.45, 7) is 0. The fourth-order valence-corrected chi connectivity index (χ4v) is 4.01. The molecule has 3 nitrogen and oxygen atoms in total. The van der Waals surface area contributed by atoms with Crippen LogP contribution in [0.25, 0.3) is 0 Å². The van der Waals surface area contributed by atoms with Crippen LogP contribution in [0.5, 0.6) is 0 Å². The van der Waals surface area contributed by atoms with Gasteiger partial charge in [0.15, 0.2) is 5.13 Å². The van der Waals surface area contributed by atoms with Crippen molar-refractivity contribution in [3.05, 3.63) is 39.4 Å². The molecule has 0 saturated carbocycles. The van der Waals surface area contributed by atoms with E-state index in [-0.39, 0.29) is 0 Å². The highest BCUT2D eigenvalue weighted by Crippen LogP contribution is 2.33. The molecule has 0 bridgehead atoms. The van der Waals surface area contributed by atoms with Crippen LogP contribution in [0.2, 0.25) is 5.02 Å². The first kappa shape index (κ1) is 13.8. The van der Waals surface area contributed by atoms with Crippen molar-refractivity contribution in [3.63, 3.8) is 0 Å². The first-order valence-corrected chi connectivity index (χ1v) is 8.09. The Balaban J connectivity index is 1.93. The third-order valence-corrected chi connectivity index (χ3v) is 4.94. The number of nitrogens with two attached hydrogens (primary N) is 1. The molecule has 0 saturated heterocycles. The van der Waals surface area contributed by atoms with Gasteiger partial charge in [-0.15, -0.1) is 11.3 Å². The number of hydrogen-bond acceptors (Lipinski definition) is 4. The first-order valence-electron chi connectivity index (χ1n) is 6.49. The maximum Gasteiger partial charge on any atom is 0.187 e. The molecule has 2 aromatic rings. The van der Waals surface area contributed by atoms with Crippen molar-refractivity contribution >= 4 is 51.0 Å². The van der Waals surface area contributed by atoms with Crippen molar-refractivity contribution in [1.29, 1.82) is 0 Å². The van der Waals surface area contributed by atoms with E-state index in [0.717, 1.165) is 23.7 Å². The van der Waals surface area contributed by atoms with Crippen molar-refractivity contribution in [1.82, 2.24) is 4.98 Å². The lowest BCUT2D eigenvalue weighted by atomic mass is 10.0. The van der Waals surface area contributed by atoms with Gasteiger partial charge >= 0.3 is 0 Å². The van der Waals surface area contributed by atoms with Crippen LogP contribution >= 0.6 is 35.2 Å². The van der Waals surface area contributed by atoms with Gasteiger partial charge in [0, 0.05) is 4.88 Å². The zero-order valence-electron chi connectivity index (χ0n) is 10.8. The number of nitrogens with one attached hydrogen (secondary N) is 1. The fourth-order valence-electron chi connectivity index (χ4n) is 2.40. The van der Waals surface area contributed by atoms with Crippen LogP contribution in [-0.4, -0.2) is 9.97 Å². The van der Waals surface area contributed by atoms with Crippen molar-refractivity contribution in [2.24, 2.45) is 5.73 Å². The van der Waals surface area contributed by atoms with Gasteiger partial charge in [-0.05, 0) is 37.8 Å². The van der Waals surface area contributed by atoms with Gasteiger partial charge in [0.2, 0.25) is 0 Å². The smallest absolute Gasteiger partial charge is 0.187 e. The number of benzene rings is 1. The van der Waals surface area contributed by atoms with Crippen LogP contribution in [0, 0.1) is 0 Å². The van der Waals surface area contributed by atoms with Gasteiger partial charge in [-0.2, -0.15) is 0 Å². The largest absolute Gasteiger partial charge is 0.389 e. The summed E-state index contributed by atoms with van der Waals surface area (Å²) in [7, 11) is 0. The Labute approximate surface area is 132 Å². The van der Waals surface area contributed by atoms with E-state index in [1.807, 2.05) is 12.1 Å². The molecular formula is C14H14ClN3S2. The maximum absolute atomic E-state index is 6.17. The molecule has 20 heavy (non-hydrogen) atoms. The van der Waals surface area contributed by atoms with E-state index in [9.17, 15) is 0 Å². The molecule has 0 spiro atoms. The minimum Gasteiger partial charge on any atom is -0.389 e. The van der Waals surface area contributed by atoms with Crippen LogP contribution in [0.1, 0.15) is 29.0 Å². The number of aromatic nitrogens is 1. The number of halogens is 1. The fraction of sp³-hybridized carbons (Fsp3) is 0.286. The zero-order valence-corrected chi connectivity index (χ0v) is 13.2. The highest BCUT2D eigenvalue weighted by atomic mass is 35.5. The minimum atomic E-state index is 0.291. The highest BCUT2D eigenvalue weighted by molar-refractivity contribution is 7.80. The van der Waals surface area contributed by atoms with E-state index >= 15 is 0 Å². The molecule has 1 aromatic heterocycles. The molecule has 1 aliphatic carbocycles. The third-order valence-electron chi connectivity index (χ3n) is 3.35. The summed E-state index contributed by atoms with van der Waals surface area (Å²) >= 11 is 13.0. The monoisotopic (exact) mass is 323 g/mol. The second-order valence-corrected chi connectivity index (χ2v) is 6.68. The van der Waals surface area contributed by atoms with Crippen molar-refractivity contribution in [2.75, 3.05) is 5.32 Å². The molecular weight excluding hydrogens is 310 g/mol. The van der Waals surface area contributed by atoms with Crippen LogP contribution in [0.4, 0.5) is 10.8 Å². The molecule has 0 amide bonds. The number of rotatable bonds is 3. The minimum absolute atomic E-state index is 0.291. The molecule has 0 fully saturated rings. The Morgan fingerprint density at radius 3 is 2.90 bits per heavy atom. The predicted octanol–water partition coefficient (Wildman–Crippen LogP) is 4.05. The molecule has 3 N–H and O–H groups in total. The van der Waals surface area contributed by atoms with E-state index in [4.69, 9.17) is 29.6 Å². The van der Waals surface area contributed by atoms with Crippen LogP contribution < -0.4 is 11.1 Å². The summed E-state index contributed by atoms with van der Waals surface area (Å²) in [5, 5.41) is 4.75. The van der Waals surface area contributed by atoms with Gasteiger partial charge in [0.05, 0.1) is 22.0 Å². The van der Waals surface area contributed by atoms with E-state index in [1.165, 1.54) is 23.4 Å². The molecule has 0 radical (unpaired) electrons. The average Bonchev–Trinajstić information content (AvgIpc) is 2.80. The summed E-state index contributed by atoms with van der Waals surface area (Å²) in [5.41, 5.74) is 8.48. The molecule has 0 aliphatic heterocycles. The number of fused-ring (bicyclic) bond motifs is 1. The van der Waals surface area contributed by atoms with Gasteiger partial charge < -0.3 is 11.1 Å². The van der Waals surface area contributed by atoms with Crippen molar-refractivity contribution in [3.8, 4) is 0 Å². The standard InChI is InChI=1S/C14H14ClN3S2/c15-8-4-3-6-10(12(8)13(16)19)18-14-17-9-5-1-2-7-11(9)20-14/h3-4,6H,1-2,5,7H2,(H2,16,19)(H,17,18). The van der Waals surface area contributed by atoms with E-state index in [0.29, 0.717) is 15.6 Å². The predicted molar refractivity (Wildman–Crippen MR) is 89.4 cm³/mol. The number of aryl methyl sites for hydroxylation is 2. The zero-order chi connectivity index (χ0) is 14.1. The molecule has 3 rings (SSSR count). The molecule has 104 valence electrons. The molecule has 1 aromatic carbocycles. The SMILES string of the molecule is NC(=S)c1c(Cl)cccc1Nc1nc2c(s1)CCCC2. The second kappa shape index (κ2) is 5.68. The lowest BCUT2D eigenvalue weighted by Gasteiger charge is -2.10. The average molecular weight is 324 g/mol. The number of anilines is 2. The van der Waals surface area contributed by atoms with E-state index in [1.54, 1.807) is 17.4 Å². The number of thiocarbonyl (C=S) groups is 1. The molecule has 6 heteroatoms. The topological polar surface area (TPSA) is 50.9 Å². The summed E-state index contributed by atoms with van der Waals surface area (Å²) < 4.78 is 0. The highest BCUT2D eigenvalue weighted by Gasteiger charge is 2.16. The number of nitrogens with zero attached hydrogens (tertiary/aromatic N) is 1.